The van der Waals surface area contributed by atoms with Crippen molar-refractivity contribution in [2.24, 2.45) is 0 Å². The van der Waals surface area contributed by atoms with Crippen molar-refractivity contribution < 1.29 is 27.9 Å². The lowest BCUT2D eigenvalue weighted by Crippen LogP contribution is -2.29. The average molecular weight is 341 g/mol. The summed E-state index contributed by atoms with van der Waals surface area (Å²) in [6.45, 7) is -0.453. The first-order valence-corrected chi connectivity index (χ1v) is 9.04. The van der Waals surface area contributed by atoms with Gasteiger partial charge in [-0.1, -0.05) is 12.8 Å². The Bertz CT molecular complexity index is 662. The molecule has 1 aromatic rings. The Balaban J connectivity index is 1.88. The van der Waals surface area contributed by atoms with E-state index in [9.17, 15) is 18.0 Å². The van der Waals surface area contributed by atoms with Gasteiger partial charge in [-0.2, -0.15) is 0 Å². The van der Waals surface area contributed by atoms with E-state index in [0.29, 0.717) is 24.3 Å². The molecule has 7 nitrogen and oxygen atoms in total. The van der Waals surface area contributed by atoms with E-state index in [1.54, 1.807) is 0 Å². The summed E-state index contributed by atoms with van der Waals surface area (Å²) < 4.78 is 29.2. The SMILES string of the molecule is O=C(O)COc1ccc(NC(=O)CS(=O)(=O)C2CCCC2)cc1. The van der Waals surface area contributed by atoms with Crippen molar-refractivity contribution in [1.82, 2.24) is 0 Å². The number of carbonyl (C=O) groups is 2. The van der Waals surface area contributed by atoms with Gasteiger partial charge in [0.25, 0.3) is 0 Å². The molecule has 0 aliphatic heterocycles. The highest BCUT2D eigenvalue weighted by Gasteiger charge is 2.30. The average Bonchev–Trinajstić information content (AvgIpc) is 3.01. The summed E-state index contributed by atoms with van der Waals surface area (Å²) >= 11 is 0. The second-order valence-electron chi connectivity index (χ2n) is 5.47. The van der Waals surface area contributed by atoms with Crippen molar-refractivity contribution >= 4 is 27.4 Å². The Hall–Kier alpha value is -2.09. The number of carboxylic acids is 1. The van der Waals surface area contributed by atoms with Crippen molar-refractivity contribution in [1.29, 1.82) is 0 Å². The molecule has 0 saturated heterocycles. The molecule has 1 aromatic carbocycles. The van der Waals surface area contributed by atoms with Gasteiger partial charge in [0.15, 0.2) is 16.4 Å². The molecule has 0 radical (unpaired) electrons. The molecule has 1 fully saturated rings. The van der Waals surface area contributed by atoms with Gasteiger partial charge in [0, 0.05) is 5.69 Å². The van der Waals surface area contributed by atoms with E-state index in [0.717, 1.165) is 12.8 Å². The highest BCUT2D eigenvalue weighted by molar-refractivity contribution is 7.92. The number of benzene rings is 1. The van der Waals surface area contributed by atoms with Crippen molar-refractivity contribution in [3.05, 3.63) is 24.3 Å². The summed E-state index contributed by atoms with van der Waals surface area (Å²) in [6, 6.07) is 6.06. The van der Waals surface area contributed by atoms with Crippen LogP contribution in [0.15, 0.2) is 24.3 Å². The molecule has 0 aromatic heterocycles. The minimum Gasteiger partial charge on any atom is -0.482 e. The molecular formula is C15H19NO6S. The molecular weight excluding hydrogens is 322 g/mol. The third-order valence-electron chi connectivity index (χ3n) is 3.64. The molecule has 1 aliphatic carbocycles. The van der Waals surface area contributed by atoms with E-state index in [-0.39, 0.29) is 0 Å². The molecule has 0 spiro atoms. The fourth-order valence-corrected chi connectivity index (χ4v) is 4.25. The predicted octanol–water partition coefficient (Wildman–Crippen LogP) is 1.45. The summed E-state index contributed by atoms with van der Waals surface area (Å²) in [5, 5.41) is 10.6. The number of sulfone groups is 1. The summed E-state index contributed by atoms with van der Waals surface area (Å²) in [6.07, 6.45) is 3.04. The van der Waals surface area contributed by atoms with E-state index >= 15 is 0 Å². The predicted molar refractivity (Wildman–Crippen MR) is 84.2 cm³/mol. The maximum absolute atomic E-state index is 12.1. The van der Waals surface area contributed by atoms with Gasteiger partial charge in [-0.05, 0) is 37.1 Å². The number of amides is 1. The number of carboxylic acid groups (broad SMARTS) is 1. The summed E-state index contributed by atoms with van der Waals surface area (Å²) in [5.74, 6) is -1.82. The van der Waals surface area contributed by atoms with Crippen molar-refractivity contribution in [3.8, 4) is 5.75 Å². The zero-order valence-electron chi connectivity index (χ0n) is 12.5. The normalized spacial score (nSPS) is 15.3. The first kappa shape index (κ1) is 17.3. The van der Waals surface area contributed by atoms with Crippen LogP contribution in [0.25, 0.3) is 0 Å². The van der Waals surface area contributed by atoms with Crippen molar-refractivity contribution in [3.63, 3.8) is 0 Å². The lowest BCUT2D eigenvalue weighted by atomic mass is 10.3. The molecule has 1 saturated carbocycles. The van der Waals surface area contributed by atoms with Crippen LogP contribution in [0.1, 0.15) is 25.7 Å². The minimum absolute atomic E-state index is 0.351. The zero-order chi connectivity index (χ0) is 16.9. The third kappa shape index (κ3) is 5.24. The second-order valence-corrected chi connectivity index (χ2v) is 7.75. The van der Waals surface area contributed by atoms with E-state index < -0.39 is 39.3 Å². The number of ether oxygens (including phenoxy) is 1. The van der Waals surface area contributed by atoms with E-state index in [1.165, 1.54) is 24.3 Å². The number of hydrogen-bond donors (Lipinski definition) is 2. The van der Waals surface area contributed by atoms with Crippen LogP contribution in [0.4, 0.5) is 5.69 Å². The molecule has 2 N–H and O–H groups in total. The van der Waals surface area contributed by atoms with Gasteiger partial charge in [-0.25, -0.2) is 13.2 Å². The molecule has 0 bridgehead atoms. The first-order valence-electron chi connectivity index (χ1n) is 7.33. The number of nitrogens with one attached hydrogen (secondary N) is 1. The Morgan fingerprint density at radius 1 is 1.17 bits per heavy atom. The zero-order valence-corrected chi connectivity index (χ0v) is 13.3. The summed E-state index contributed by atoms with van der Waals surface area (Å²) in [7, 11) is -3.41. The van der Waals surface area contributed by atoms with Gasteiger partial charge in [0.2, 0.25) is 5.91 Å². The maximum Gasteiger partial charge on any atom is 0.341 e. The maximum atomic E-state index is 12.1. The standard InChI is InChI=1S/C15H19NO6S/c17-14(10-23(20,21)13-3-1-2-4-13)16-11-5-7-12(8-6-11)22-9-15(18)19/h5-8,13H,1-4,9-10H2,(H,16,17)(H,18,19). The smallest absolute Gasteiger partial charge is 0.341 e. The third-order valence-corrected chi connectivity index (χ3v) is 5.79. The molecule has 2 rings (SSSR count). The van der Waals surface area contributed by atoms with Crippen LogP contribution in [0, 0.1) is 0 Å². The quantitative estimate of drug-likeness (QED) is 0.777. The number of aliphatic carboxylic acids is 1. The lowest BCUT2D eigenvalue weighted by Gasteiger charge is -2.11. The Labute approximate surface area is 134 Å². The lowest BCUT2D eigenvalue weighted by molar-refractivity contribution is -0.139. The number of anilines is 1. The van der Waals surface area contributed by atoms with Crippen LogP contribution in [0.2, 0.25) is 0 Å². The number of rotatable bonds is 7. The molecule has 1 aliphatic rings. The van der Waals surface area contributed by atoms with Crippen LogP contribution in [0.3, 0.4) is 0 Å². The van der Waals surface area contributed by atoms with E-state index in [4.69, 9.17) is 9.84 Å². The van der Waals surface area contributed by atoms with E-state index in [1.807, 2.05) is 0 Å². The number of carbonyl (C=O) groups excluding carboxylic acids is 1. The fourth-order valence-electron chi connectivity index (χ4n) is 2.52. The van der Waals surface area contributed by atoms with Crippen LogP contribution >= 0.6 is 0 Å². The molecule has 126 valence electrons. The minimum atomic E-state index is -3.41. The van der Waals surface area contributed by atoms with Crippen molar-refractivity contribution in [2.75, 3.05) is 17.7 Å². The molecule has 0 atom stereocenters. The van der Waals surface area contributed by atoms with Gasteiger partial charge in [-0.15, -0.1) is 0 Å². The van der Waals surface area contributed by atoms with Gasteiger partial charge < -0.3 is 15.2 Å². The summed E-state index contributed by atoms with van der Waals surface area (Å²) in [4.78, 5) is 22.3. The molecule has 1 amide bonds. The highest BCUT2D eigenvalue weighted by Crippen LogP contribution is 2.25. The van der Waals surface area contributed by atoms with Crippen LogP contribution < -0.4 is 10.1 Å². The Morgan fingerprint density at radius 3 is 2.35 bits per heavy atom. The first-order chi connectivity index (χ1) is 10.9. The number of hydrogen-bond acceptors (Lipinski definition) is 5. The van der Waals surface area contributed by atoms with Crippen LogP contribution in [0.5, 0.6) is 5.75 Å². The van der Waals surface area contributed by atoms with Gasteiger partial charge >= 0.3 is 5.97 Å². The monoisotopic (exact) mass is 341 g/mol. The van der Waals surface area contributed by atoms with Crippen molar-refractivity contribution in [2.45, 2.75) is 30.9 Å². The Morgan fingerprint density at radius 2 is 1.78 bits per heavy atom. The van der Waals surface area contributed by atoms with Gasteiger partial charge in [0.1, 0.15) is 11.5 Å². The largest absolute Gasteiger partial charge is 0.482 e. The van der Waals surface area contributed by atoms with Gasteiger partial charge in [-0.3, -0.25) is 4.79 Å². The molecule has 0 unspecified atom stereocenters. The van der Waals surface area contributed by atoms with Crippen LogP contribution in [-0.4, -0.2) is 43.0 Å². The molecule has 8 heteroatoms. The van der Waals surface area contributed by atoms with Crippen LogP contribution in [-0.2, 0) is 19.4 Å². The molecule has 23 heavy (non-hydrogen) atoms. The topological polar surface area (TPSA) is 110 Å². The highest BCUT2D eigenvalue weighted by atomic mass is 32.2. The Kier molecular flexibility index (Phi) is 5.59. The summed E-state index contributed by atoms with van der Waals surface area (Å²) in [5.41, 5.74) is 0.430. The second kappa shape index (κ2) is 7.45. The fraction of sp³-hybridized carbons (Fsp3) is 0.467. The molecule has 0 heterocycles. The van der Waals surface area contributed by atoms with Gasteiger partial charge in [0.05, 0.1) is 5.25 Å². The van der Waals surface area contributed by atoms with E-state index in [2.05, 4.69) is 5.32 Å².